The van der Waals surface area contributed by atoms with Crippen LogP contribution >= 0.6 is 0 Å². The predicted molar refractivity (Wildman–Crippen MR) is 78.4 cm³/mol. The average molecular weight is 279 g/mol. The number of rotatable bonds is 2. The molecule has 0 radical (unpaired) electrons. The van der Waals surface area contributed by atoms with Gasteiger partial charge in [-0.2, -0.15) is 0 Å². The molecule has 4 heteroatoms. The second kappa shape index (κ2) is 4.62. The molecule has 1 aliphatic heterocycles. The summed E-state index contributed by atoms with van der Waals surface area (Å²) < 4.78 is 5.39. The summed E-state index contributed by atoms with van der Waals surface area (Å²) in [4.78, 5) is 13.8. The van der Waals surface area contributed by atoms with Gasteiger partial charge in [0.2, 0.25) is 0 Å². The number of hydrogen-bond donors (Lipinski definition) is 1. The van der Waals surface area contributed by atoms with Crippen LogP contribution in [0, 0.1) is 5.41 Å². The van der Waals surface area contributed by atoms with Crippen LogP contribution in [0.3, 0.4) is 0 Å². The molecule has 0 aromatic heterocycles. The summed E-state index contributed by atoms with van der Waals surface area (Å²) in [6.07, 6.45) is 3.59. The van der Waals surface area contributed by atoms with Crippen LogP contribution in [0.4, 0.5) is 4.79 Å². The fraction of sp³-hybridized carbons (Fsp3) is 0.688. The first-order valence-electron chi connectivity index (χ1n) is 7.11. The van der Waals surface area contributed by atoms with Gasteiger partial charge in [-0.05, 0) is 51.0 Å². The maximum absolute atomic E-state index is 12.0. The molecular formula is C16H25NO3. The first kappa shape index (κ1) is 15.1. The van der Waals surface area contributed by atoms with E-state index in [1.165, 1.54) is 0 Å². The second-order valence-electron chi connectivity index (χ2n) is 7.27. The van der Waals surface area contributed by atoms with E-state index in [1.54, 1.807) is 11.0 Å². The number of likely N-dealkylation sites (tertiary alicyclic amines) is 1. The number of amides is 1. The van der Waals surface area contributed by atoms with Crippen molar-refractivity contribution in [2.45, 2.75) is 51.2 Å². The number of carbonyl (C=O) groups excluding carboxylic acids is 1. The van der Waals surface area contributed by atoms with Crippen molar-refractivity contribution in [3.05, 3.63) is 24.8 Å². The first-order chi connectivity index (χ1) is 9.09. The third-order valence-corrected chi connectivity index (χ3v) is 4.27. The molecule has 20 heavy (non-hydrogen) atoms. The summed E-state index contributed by atoms with van der Waals surface area (Å²) in [5.74, 6) is 0. The van der Waals surface area contributed by atoms with Gasteiger partial charge in [-0.15, -0.1) is 0 Å². The minimum absolute atomic E-state index is 0.0254. The molecule has 2 aliphatic rings. The summed E-state index contributed by atoms with van der Waals surface area (Å²) in [5.41, 5.74) is -0.591. The Morgan fingerprint density at radius 3 is 2.50 bits per heavy atom. The van der Waals surface area contributed by atoms with Gasteiger partial charge in [-0.3, -0.25) is 0 Å². The maximum Gasteiger partial charge on any atom is 0.410 e. The lowest BCUT2D eigenvalue weighted by Gasteiger charge is -2.52. The molecule has 1 aliphatic carbocycles. The quantitative estimate of drug-likeness (QED) is 0.791. The zero-order valence-corrected chi connectivity index (χ0v) is 12.7. The molecule has 1 heterocycles. The number of aliphatic hydroxyl groups is 1. The fourth-order valence-corrected chi connectivity index (χ4v) is 3.31. The highest BCUT2D eigenvalue weighted by molar-refractivity contribution is 5.68. The van der Waals surface area contributed by atoms with Crippen LogP contribution in [0.2, 0.25) is 0 Å². The molecule has 2 rings (SSSR count). The van der Waals surface area contributed by atoms with Crippen molar-refractivity contribution in [1.29, 1.82) is 0 Å². The Bertz CT molecular complexity index is 441. The molecule has 1 N–H and O–H groups in total. The van der Waals surface area contributed by atoms with Gasteiger partial charge in [0, 0.05) is 13.1 Å². The lowest BCUT2D eigenvalue weighted by atomic mass is 9.56. The lowest BCUT2D eigenvalue weighted by molar-refractivity contribution is -0.0928. The number of nitrogens with zero attached hydrogens (tertiary/aromatic N) is 1. The molecule has 0 unspecified atom stereocenters. The molecule has 1 amide bonds. The average Bonchev–Trinajstić information content (AvgIpc) is 2.69. The zero-order valence-electron chi connectivity index (χ0n) is 12.7. The summed E-state index contributed by atoms with van der Waals surface area (Å²) in [6, 6.07) is 0. The van der Waals surface area contributed by atoms with Gasteiger partial charge >= 0.3 is 6.09 Å². The van der Waals surface area contributed by atoms with Crippen molar-refractivity contribution in [3.8, 4) is 0 Å². The molecular weight excluding hydrogens is 254 g/mol. The van der Waals surface area contributed by atoms with Gasteiger partial charge < -0.3 is 14.7 Å². The summed E-state index contributed by atoms with van der Waals surface area (Å²) in [6.45, 7) is 14.5. The molecule has 2 fully saturated rings. The van der Waals surface area contributed by atoms with Crippen molar-refractivity contribution < 1.29 is 14.6 Å². The molecule has 0 atom stereocenters. The second-order valence-corrected chi connectivity index (χ2v) is 7.27. The number of hydrogen-bond acceptors (Lipinski definition) is 3. The third kappa shape index (κ3) is 2.75. The molecule has 1 saturated carbocycles. The van der Waals surface area contributed by atoms with Crippen molar-refractivity contribution >= 4 is 6.09 Å². The molecule has 0 bridgehead atoms. The van der Waals surface area contributed by atoms with Crippen LogP contribution in [-0.2, 0) is 4.74 Å². The minimum atomic E-state index is -0.828. The van der Waals surface area contributed by atoms with Gasteiger partial charge in [0.25, 0.3) is 0 Å². The Morgan fingerprint density at radius 2 is 2.00 bits per heavy atom. The number of ether oxygens (including phenoxy) is 1. The van der Waals surface area contributed by atoms with Gasteiger partial charge in [0.1, 0.15) is 5.60 Å². The van der Waals surface area contributed by atoms with Gasteiger partial charge in [0.05, 0.1) is 5.60 Å². The molecule has 1 spiro atoms. The molecule has 4 nitrogen and oxygen atoms in total. The van der Waals surface area contributed by atoms with Crippen molar-refractivity contribution in [2.75, 3.05) is 13.1 Å². The minimum Gasteiger partial charge on any atom is -0.444 e. The van der Waals surface area contributed by atoms with Gasteiger partial charge in [-0.1, -0.05) is 19.2 Å². The molecule has 1 saturated heterocycles. The number of carbonyl (C=O) groups is 1. The van der Waals surface area contributed by atoms with E-state index < -0.39 is 11.2 Å². The zero-order chi connectivity index (χ0) is 15.2. The van der Waals surface area contributed by atoms with E-state index in [1.807, 2.05) is 20.8 Å². The van der Waals surface area contributed by atoms with Crippen molar-refractivity contribution in [2.24, 2.45) is 5.41 Å². The monoisotopic (exact) mass is 279 g/mol. The Morgan fingerprint density at radius 1 is 1.40 bits per heavy atom. The summed E-state index contributed by atoms with van der Waals surface area (Å²) in [7, 11) is 0. The van der Waals surface area contributed by atoms with Crippen LogP contribution in [-0.4, -0.2) is 40.4 Å². The van der Waals surface area contributed by atoms with Crippen LogP contribution in [0.25, 0.3) is 0 Å². The SMILES string of the molecule is C=CC(=C)C1(O)CC2(CCN(C(=O)OC(C)(C)C)C2)C1. The Kier molecular flexibility index (Phi) is 3.49. The maximum atomic E-state index is 12.0. The molecule has 0 aromatic rings. The van der Waals surface area contributed by atoms with Crippen LogP contribution < -0.4 is 0 Å². The van der Waals surface area contributed by atoms with Gasteiger partial charge in [-0.25, -0.2) is 4.79 Å². The summed E-state index contributed by atoms with van der Waals surface area (Å²) in [5, 5.41) is 10.4. The van der Waals surface area contributed by atoms with E-state index in [0.717, 1.165) is 6.42 Å². The Hall–Kier alpha value is -1.29. The normalized spacial score (nSPS) is 32.9. The van der Waals surface area contributed by atoms with E-state index in [0.29, 0.717) is 31.5 Å². The van der Waals surface area contributed by atoms with E-state index in [2.05, 4.69) is 13.2 Å². The third-order valence-electron chi connectivity index (χ3n) is 4.27. The lowest BCUT2D eigenvalue weighted by Crippen LogP contribution is -2.54. The first-order valence-corrected chi connectivity index (χ1v) is 7.11. The highest BCUT2D eigenvalue weighted by Gasteiger charge is 2.57. The van der Waals surface area contributed by atoms with Crippen LogP contribution in [0.1, 0.15) is 40.0 Å². The Balaban J connectivity index is 1.93. The van der Waals surface area contributed by atoms with Crippen molar-refractivity contribution in [3.63, 3.8) is 0 Å². The van der Waals surface area contributed by atoms with Crippen LogP contribution in [0.5, 0.6) is 0 Å². The molecule has 112 valence electrons. The van der Waals surface area contributed by atoms with E-state index in [9.17, 15) is 9.90 Å². The standard InChI is InChI=1S/C16H25NO3/c1-6-12(2)16(19)9-15(10-16)7-8-17(11-15)13(18)20-14(3,4)5/h6,19H,1-2,7-11H2,3-5H3. The highest BCUT2D eigenvalue weighted by Crippen LogP contribution is 2.56. The summed E-state index contributed by atoms with van der Waals surface area (Å²) >= 11 is 0. The van der Waals surface area contributed by atoms with E-state index in [4.69, 9.17) is 4.74 Å². The molecule has 0 aromatic carbocycles. The largest absolute Gasteiger partial charge is 0.444 e. The van der Waals surface area contributed by atoms with Crippen LogP contribution in [0.15, 0.2) is 24.8 Å². The van der Waals surface area contributed by atoms with E-state index >= 15 is 0 Å². The Labute approximate surface area is 121 Å². The predicted octanol–water partition coefficient (Wildman–Crippen LogP) is 2.88. The fourth-order valence-electron chi connectivity index (χ4n) is 3.31. The van der Waals surface area contributed by atoms with Crippen molar-refractivity contribution in [1.82, 2.24) is 4.90 Å². The highest BCUT2D eigenvalue weighted by atomic mass is 16.6. The van der Waals surface area contributed by atoms with E-state index in [-0.39, 0.29) is 11.5 Å². The smallest absolute Gasteiger partial charge is 0.410 e. The van der Waals surface area contributed by atoms with Gasteiger partial charge in [0.15, 0.2) is 0 Å². The topological polar surface area (TPSA) is 49.8 Å².